The van der Waals surface area contributed by atoms with E-state index >= 15 is 0 Å². The summed E-state index contributed by atoms with van der Waals surface area (Å²) in [5.41, 5.74) is 3.48. The summed E-state index contributed by atoms with van der Waals surface area (Å²) >= 11 is 1.78. The molecule has 0 spiro atoms. The number of benzene rings is 2. The van der Waals surface area contributed by atoms with E-state index in [0.717, 1.165) is 71.4 Å². The molecule has 2 aliphatic rings. The van der Waals surface area contributed by atoms with Crippen molar-refractivity contribution in [2.24, 2.45) is 5.92 Å². The lowest BCUT2D eigenvalue weighted by molar-refractivity contribution is -0.0316. The van der Waals surface area contributed by atoms with Crippen LogP contribution in [0.15, 0.2) is 71.4 Å². The highest BCUT2D eigenvalue weighted by Crippen LogP contribution is 2.36. The SMILES string of the molecule is OC1(CCCc2ccccc2)CCN(CC2CN(Cc3ccc(F)cc3)CC2c2ccsc2)CC1. The molecule has 2 aliphatic heterocycles. The molecule has 2 fully saturated rings. The van der Waals surface area contributed by atoms with Gasteiger partial charge in [0.05, 0.1) is 5.60 Å². The van der Waals surface area contributed by atoms with E-state index in [4.69, 9.17) is 0 Å². The number of likely N-dealkylation sites (tertiary alicyclic amines) is 2. The molecule has 2 saturated heterocycles. The van der Waals surface area contributed by atoms with Gasteiger partial charge in [0.1, 0.15) is 5.82 Å². The summed E-state index contributed by atoms with van der Waals surface area (Å²) in [6.07, 6.45) is 4.72. The third kappa shape index (κ3) is 6.59. The fraction of sp³-hybridized carbons (Fsp3) is 0.467. The monoisotopic (exact) mass is 492 g/mol. The Balaban J connectivity index is 1.14. The molecular weight excluding hydrogens is 455 g/mol. The van der Waals surface area contributed by atoms with Crippen molar-refractivity contribution in [3.8, 4) is 0 Å². The van der Waals surface area contributed by atoms with Crippen molar-refractivity contribution in [2.45, 2.75) is 50.2 Å². The molecule has 3 aromatic rings. The van der Waals surface area contributed by atoms with Gasteiger partial charge >= 0.3 is 0 Å². The van der Waals surface area contributed by atoms with Crippen LogP contribution in [0.2, 0.25) is 0 Å². The van der Waals surface area contributed by atoms with Crippen LogP contribution in [0.1, 0.15) is 48.3 Å². The van der Waals surface area contributed by atoms with Gasteiger partial charge in [0.25, 0.3) is 0 Å². The summed E-state index contributed by atoms with van der Waals surface area (Å²) in [5, 5.41) is 15.7. The molecule has 5 rings (SSSR count). The van der Waals surface area contributed by atoms with Crippen LogP contribution in [0.25, 0.3) is 0 Å². The maximum atomic E-state index is 13.3. The number of rotatable bonds is 9. The minimum Gasteiger partial charge on any atom is -0.390 e. The van der Waals surface area contributed by atoms with Gasteiger partial charge in [-0.2, -0.15) is 11.3 Å². The van der Waals surface area contributed by atoms with Crippen molar-refractivity contribution in [2.75, 3.05) is 32.7 Å². The minimum absolute atomic E-state index is 0.172. The Bertz CT molecular complexity index is 1030. The average molecular weight is 493 g/mol. The maximum Gasteiger partial charge on any atom is 0.123 e. The molecule has 3 nitrogen and oxygen atoms in total. The minimum atomic E-state index is -0.512. The number of hydrogen-bond donors (Lipinski definition) is 1. The molecule has 1 N–H and O–H groups in total. The van der Waals surface area contributed by atoms with Crippen molar-refractivity contribution >= 4 is 11.3 Å². The third-order valence-electron chi connectivity index (χ3n) is 8.04. The van der Waals surface area contributed by atoms with E-state index < -0.39 is 5.60 Å². The van der Waals surface area contributed by atoms with Gasteiger partial charge in [0, 0.05) is 45.2 Å². The number of piperidine rings is 1. The van der Waals surface area contributed by atoms with Gasteiger partial charge in [0.15, 0.2) is 0 Å². The highest BCUT2D eigenvalue weighted by Gasteiger charge is 2.37. The Morgan fingerprint density at radius 3 is 2.40 bits per heavy atom. The Hall–Kier alpha value is -2.05. The molecule has 186 valence electrons. The molecule has 0 bridgehead atoms. The van der Waals surface area contributed by atoms with Crippen LogP contribution in [-0.4, -0.2) is 53.2 Å². The van der Waals surface area contributed by atoms with Crippen molar-refractivity contribution < 1.29 is 9.50 Å². The molecule has 5 heteroatoms. The highest BCUT2D eigenvalue weighted by atomic mass is 32.1. The summed E-state index contributed by atoms with van der Waals surface area (Å²) in [4.78, 5) is 5.11. The van der Waals surface area contributed by atoms with Gasteiger partial charge in [0.2, 0.25) is 0 Å². The number of halogens is 1. The first-order chi connectivity index (χ1) is 17.1. The van der Waals surface area contributed by atoms with E-state index in [1.54, 1.807) is 23.5 Å². The summed E-state index contributed by atoms with van der Waals surface area (Å²) in [6.45, 7) is 6.03. The van der Waals surface area contributed by atoms with Crippen LogP contribution in [0.5, 0.6) is 0 Å². The van der Waals surface area contributed by atoms with Gasteiger partial charge in [-0.15, -0.1) is 0 Å². The fourth-order valence-corrected chi connectivity index (χ4v) is 6.71. The second-order valence-electron chi connectivity index (χ2n) is 10.6. The molecule has 35 heavy (non-hydrogen) atoms. The summed E-state index contributed by atoms with van der Waals surface area (Å²) in [7, 11) is 0. The number of hydrogen-bond acceptors (Lipinski definition) is 4. The predicted octanol–water partition coefficient (Wildman–Crippen LogP) is 5.95. The van der Waals surface area contributed by atoms with Gasteiger partial charge in [-0.25, -0.2) is 4.39 Å². The maximum absolute atomic E-state index is 13.3. The third-order valence-corrected chi connectivity index (χ3v) is 8.74. The molecule has 2 aromatic carbocycles. The zero-order valence-corrected chi connectivity index (χ0v) is 21.3. The van der Waals surface area contributed by atoms with E-state index in [0.29, 0.717) is 11.8 Å². The molecule has 0 saturated carbocycles. The summed E-state index contributed by atoms with van der Waals surface area (Å²) in [5.74, 6) is 0.942. The Kier molecular flexibility index (Phi) is 7.98. The first-order valence-corrected chi connectivity index (χ1v) is 14.0. The van der Waals surface area contributed by atoms with E-state index in [-0.39, 0.29) is 5.82 Å². The van der Waals surface area contributed by atoms with Crippen LogP contribution in [0.4, 0.5) is 4.39 Å². The van der Waals surface area contributed by atoms with Crippen LogP contribution < -0.4 is 0 Å². The van der Waals surface area contributed by atoms with Crippen molar-refractivity contribution in [1.82, 2.24) is 9.80 Å². The Morgan fingerprint density at radius 2 is 1.69 bits per heavy atom. The lowest BCUT2D eigenvalue weighted by Gasteiger charge is -2.39. The lowest BCUT2D eigenvalue weighted by Crippen LogP contribution is -2.46. The average Bonchev–Trinajstić information content (AvgIpc) is 3.53. The van der Waals surface area contributed by atoms with Gasteiger partial charge in [-0.3, -0.25) is 4.90 Å². The normalized spacial score (nSPS) is 23.0. The standard InChI is InChI=1S/C30H37FN2OS/c31-28-10-8-25(9-11-28)19-33-21-27(29(22-33)26-12-18-35-23-26)20-32-16-14-30(34,15-17-32)13-4-7-24-5-2-1-3-6-24/h1-3,5-6,8-12,18,23,27,29,34H,4,7,13-17,19-22H2. The van der Waals surface area contributed by atoms with E-state index in [1.807, 2.05) is 12.1 Å². The zero-order chi connectivity index (χ0) is 24.1. The molecule has 1 aromatic heterocycles. The van der Waals surface area contributed by atoms with Crippen molar-refractivity contribution in [3.63, 3.8) is 0 Å². The fourth-order valence-electron chi connectivity index (χ4n) is 5.99. The number of nitrogens with zero attached hydrogens (tertiary/aromatic N) is 2. The van der Waals surface area contributed by atoms with Gasteiger partial charge < -0.3 is 10.0 Å². The number of aliphatic hydroxyl groups is 1. The van der Waals surface area contributed by atoms with Crippen LogP contribution >= 0.6 is 11.3 Å². The van der Waals surface area contributed by atoms with Crippen molar-refractivity contribution in [1.29, 1.82) is 0 Å². The highest BCUT2D eigenvalue weighted by molar-refractivity contribution is 7.08. The quantitative estimate of drug-likeness (QED) is 0.400. The van der Waals surface area contributed by atoms with Crippen LogP contribution in [0, 0.1) is 11.7 Å². The number of aryl methyl sites for hydroxylation is 1. The van der Waals surface area contributed by atoms with Crippen molar-refractivity contribution in [3.05, 3.63) is 93.9 Å². The zero-order valence-electron chi connectivity index (χ0n) is 20.5. The molecule has 2 atom stereocenters. The van der Waals surface area contributed by atoms with E-state index in [1.165, 1.54) is 16.7 Å². The van der Waals surface area contributed by atoms with E-state index in [2.05, 4.69) is 57.0 Å². The molecule has 3 heterocycles. The predicted molar refractivity (Wildman–Crippen MR) is 142 cm³/mol. The topological polar surface area (TPSA) is 26.7 Å². The largest absolute Gasteiger partial charge is 0.390 e. The van der Waals surface area contributed by atoms with Crippen LogP contribution in [0.3, 0.4) is 0 Å². The second-order valence-corrected chi connectivity index (χ2v) is 11.4. The Labute approximate surface area is 213 Å². The van der Waals surface area contributed by atoms with E-state index in [9.17, 15) is 9.50 Å². The molecule has 0 amide bonds. The molecule has 0 radical (unpaired) electrons. The summed E-state index contributed by atoms with van der Waals surface area (Å²) < 4.78 is 13.3. The first-order valence-electron chi connectivity index (χ1n) is 13.0. The van der Waals surface area contributed by atoms with Crippen LogP contribution in [-0.2, 0) is 13.0 Å². The van der Waals surface area contributed by atoms with Gasteiger partial charge in [-0.05, 0) is 83.7 Å². The molecule has 0 aliphatic carbocycles. The summed E-state index contributed by atoms with van der Waals surface area (Å²) in [6, 6.07) is 19.8. The number of thiophene rings is 1. The second kappa shape index (κ2) is 11.3. The molecular formula is C30H37FN2OS. The lowest BCUT2D eigenvalue weighted by atomic mass is 9.84. The smallest absolute Gasteiger partial charge is 0.123 e. The first kappa shape index (κ1) is 24.6. The molecule has 2 unspecified atom stereocenters. The Morgan fingerprint density at radius 1 is 0.914 bits per heavy atom. The van der Waals surface area contributed by atoms with Gasteiger partial charge in [-0.1, -0.05) is 42.5 Å².